The Labute approximate surface area is 159 Å². The second-order valence-electron chi connectivity index (χ2n) is 5.47. The number of thiazole rings is 1. The highest BCUT2D eigenvalue weighted by Gasteiger charge is 2.13. The molecule has 3 aromatic rings. The van der Waals surface area contributed by atoms with Crippen LogP contribution in [0.2, 0.25) is 0 Å². The molecule has 6 nitrogen and oxygen atoms in total. The molecule has 0 radical (unpaired) electrons. The average Bonchev–Trinajstić information content (AvgIpc) is 3.05. The molecular formula is C20H16N2O4S. The number of hydrogen-bond donors (Lipinski definition) is 0. The summed E-state index contributed by atoms with van der Waals surface area (Å²) in [4.78, 5) is 28.8. The number of aromatic nitrogens is 1. The molecule has 27 heavy (non-hydrogen) atoms. The van der Waals surface area contributed by atoms with Crippen molar-refractivity contribution in [3.05, 3.63) is 58.4 Å². The van der Waals surface area contributed by atoms with Gasteiger partial charge in [-0.3, -0.25) is 4.79 Å². The molecule has 0 saturated heterocycles. The minimum atomic E-state index is -0.464. The van der Waals surface area contributed by atoms with Crippen molar-refractivity contribution in [1.82, 2.24) is 4.57 Å². The predicted molar refractivity (Wildman–Crippen MR) is 103 cm³/mol. The van der Waals surface area contributed by atoms with E-state index >= 15 is 0 Å². The van der Waals surface area contributed by atoms with Gasteiger partial charge in [0.15, 0.2) is 4.80 Å². The van der Waals surface area contributed by atoms with Gasteiger partial charge in [0.2, 0.25) is 0 Å². The van der Waals surface area contributed by atoms with Crippen molar-refractivity contribution in [2.45, 2.75) is 6.54 Å². The van der Waals surface area contributed by atoms with Crippen LogP contribution in [-0.2, 0) is 11.3 Å². The van der Waals surface area contributed by atoms with Crippen molar-refractivity contribution in [2.75, 3.05) is 14.2 Å². The summed E-state index contributed by atoms with van der Waals surface area (Å²) >= 11 is 1.35. The Kier molecular flexibility index (Phi) is 5.38. The summed E-state index contributed by atoms with van der Waals surface area (Å²) in [5, 5.41) is 0. The molecule has 1 amide bonds. The van der Waals surface area contributed by atoms with Crippen LogP contribution in [0.25, 0.3) is 10.2 Å². The third-order valence-electron chi connectivity index (χ3n) is 3.88. The van der Waals surface area contributed by atoms with Gasteiger partial charge in [-0.15, -0.1) is 6.42 Å². The Bertz CT molecular complexity index is 1120. The minimum absolute atomic E-state index is 0.258. The molecule has 0 bridgehead atoms. The normalized spacial score (nSPS) is 11.2. The van der Waals surface area contributed by atoms with Crippen LogP contribution in [0.1, 0.15) is 20.7 Å². The maximum atomic E-state index is 12.6. The molecule has 7 heteroatoms. The number of carbonyl (C=O) groups excluding carboxylic acids is 2. The van der Waals surface area contributed by atoms with Crippen molar-refractivity contribution in [1.29, 1.82) is 0 Å². The highest BCUT2D eigenvalue weighted by atomic mass is 32.1. The Morgan fingerprint density at radius 3 is 2.48 bits per heavy atom. The van der Waals surface area contributed by atoms with Crippen molar-refractivity contribution in [3.63, 3.8) is 0 Å². The molecular weight excluding hydrogens is 364 g/mol. The molecule has 0 unspecified atom stereocenters. The molecule has 0 fully saturated rings. The molecule has 2 aromatic carbocycles. The zero-order valence-corrected chi connectivity index (χ0v) is 15.6. The van der Waals surface area contributed by atoms with Gasteiger partial charge in [0.05, 0.1) is 31.0 Å². The largest absolute Gasteiger partial charge is 0.495 e. The number of carbonyl (C=O) groups is 2. The maximum absolute atomic E-state index is 12.6. The van der Waals surface area contributed by atoms with Crippen LogP contribution in [0.4, 0.5) is 0 Å². The standard InChI is InChI=1S/C20H16N2O4S/c1-4-12-22-17-15(25-2)6-5-7-16(17)27-20(22)21-18(23)13-8-10-14(11-9-13)19(24)26-3/h1,5-11H,12H2,2-3H3. The van der Waals surface area contributed by atoms with Crippen LogP contribution in [0, 0.1) is 12.3 Å². The van der Waals surface area contributed by atoms with Gasteiger partial charge in [0.25, 0.3) is 5.91 Å². The van der Waals surface area contributed by atoms with E-state index in [-0.39, 0.29) is 6.54 Å². The summed E-state index contributed by atoms with van der Waals surface area (Å²) in [5.74, 6) is 2.36. The number of amides is 1. The quantitative estimate of drug-likeness (QED) is 0.516. The third-order valence-corrected chi connectivity index (χ3v) is 4.93. The topological polar surface area (TPSA) is 69.9 Å². The number of rotatable bonds is 4. The SMILES string of the molecule is C#CCn1c(=NC(=O)c2ccc(C(=O)OC)cc2)sc2cccc(OC)c21. The van der Waals surface area contributed by atoms with Crippen molar-refractivity contribution in [3.8, 4) is 18.1 Å². The first-order valence-corrected chi connectivity index (χ1v) is 8.78. The lowest BCUT2D eigenvalue weighted by molar-refractivity contribution is 0.0600. The van der Waals surface area contributed by atoms with E-state index in [1.807, 2.05) is 18.2 Å². The number of fused-ring (bicyclic) bond motifs is 1. The molecule has 3 rings (SSSR count). The van der Waals surface area contributed by atoms with E-state index in [1.54, 1.807) is 11.7 Å². The van der Waals surface area contributed by atoms with E-state index in [2.05, 4.69) is 15.6 Å². The minimum Gasteiger partial charge on any atom is -0.495 e. The zero-order valence-electron chi connectivity index (χ0n) is 14.8. The molecule has 0 spiro atoms. The lowest BCUT2D eigenvalue weighted by Gasteiger charge is -2.05. The fourth-order valence-corrected chi connectivity index (χ4v) is 3.65. The van der Waals surface area contributed by atoms with Gasteiger partial charge in [-0.1, -0.05) is 23.3 Å². The van der Waals surface area contributed by atoms with E-state index < -0.39 is 11.9 Å². The van der Waals surface area contributed by atoms with E-state index in [0.717, 1.165) is 10.2 Å². The number of nitrogens with zero attached hydrogens (tertiary/aromatic N) is 2. The summed E-state index contributed by atoms with van der Waals surface area (Å²) in [5.41, 5.74) is 1.53. The lowest BCUT2D eigenvalue weighted by Crippen LogP contribution is -2.17. The van der Waals surface area contributed by atoms with Gasteiger partial charge in [0, 0.05) is 5.56 Å². The van der Waals surface area contributed by atoms with Gasteiger partial charge < -0.3 is 14.0 Å². The van der Waals surface area contributed by atoms with E-state index in [0.29, 0.717) is 21.7 Å². The molecule has 0 aliphatic heterocycles. The predicted octanol–water partition coefficient (Wildman–Crippen LogP) is 2.87. The Balaban J connectivity index is 2.07. The molecule has 0 N–H and O–H groups in total. The average molecular weight is 380 g/mol. The van der Waals surface area contributed by atoms with Crippen molar-refractivity contribution in [2.24, 2.45) is 4.99 Å². The highest BCUT2D eigenvalue weighted by molar-refractivity contribution is 7.16. The zero-order chi connectivity index (χ0) is 19.4. The smallest absolute Gasteiger partial charge is 0.337 e. The number of benzene rings is 2. The maximum Gasteiger partial charge on any atom is 0.337 e. The van der Waals surface area contributed by atoms with Gasteiger partial charge in [0.1, 0.15) is 11.3 Å². The van der Waals surface area contributed by atoms with Crippen LogP contribution in [0.3, 0.4) is 0 Å². The van der Waals surface area contributed by atoms with Crippen LogP contribution in [-0.4, -0.2) is 30.7 Å². The van der Waals surface area contributed by atoms with Crippen molar-refractivity contribution < 1.29 is 19.1 Å². The number of methoxy groups -OCH3 is 2. The fourth-order valence-electron chi connectivity index (χ4n) is 2.60. The first-order chi connectivity index (χ1) is 13.1. The van der Waals surface area contributed by atoms with Gasteiger partial charge >= 0.3 is 5.97 Å². The van der Waals surface area contributed by atoms with Crippen LogP contribution < -0.4 is 9.54 Å². The number of ether oxygens (including phenoxy) is 2. The van der Waals surface area contributed by atoms with Crippen molar-refractivity contribution >= 4 is 33.4 Å². The molecule has 0 saturated carbocycles. The van der Waals surface area contributed by atoms with Gasteiger partial charge in [-0.25, -0.2) is 4.79 Å². The summed E-state index contributed by atoms with van der Waals surface area (Å²) in [6.45, 7) is 0.258. The van der Waals surface area contributed by atoms with E-state index in [4.69, 9.17) is 11.2 Å². The molecule has 1 heterocycles. The summed E-state index contributed by atoms with van der Waals surface area (Å²) in [7, 11) is 2.88. The van der Waals surface area contributed by atoms with Crippen LogP contribution in [0.15, 0.2) is 47.5 Å². The van der Waals surface area contributed by atoms with Gasteiger partial charge in [-0.2, -0.15) is 4.99 Å². The second-order valence-corrected chi connectivity index (χ2v) is 6.48. The first-order valence-electron chi connectivity index (χ1n) is 7.96. The summed E-state index contributed by atoms with van der Waals surface area (Å²) < 4.78 is 12.8. The summed E-state index contributed by atoms with van der Waals surface area (Å²) in [6, 6.07) is 11.8. The van der Waals surface area contributed by atoms with Crippen LogP contribution in [0.5, 0.6) is 5.75 Å². The number of hydrogen-bond acceptors (Lipinski definition) is 5. The highest BCUT2D eigenvalue weighted by Crippen LogP contribution is 2.27. The summed E-state index contributed by atoms with van der Waals surface area (Å²) in [6.07, 6.45) is 5.49. The Morgan fingerprint density at radius 1 is 1.15 bits per heavy atom. The fraction of sp³-hybridized carbons (Fsp3) is 0.150. The molecule has 1 aromatic heterocycles. The van der Waals surface area contributed by atoms with Crippen LogP contribution >= 0.6 is 11.3 Å². The molecule has 0 atom stereocenters. The second kappa shape index (κ2) is 7.89. The Morgan fingerprint density at radius 2 is 1.85 bits per heavy atom. The lowest BCUT2D eigenvalue weighted by atomic mass is 10.1. The number of esters is 1. The van der Waals surface area contributed by atoms with E-state index in [9.17, 15) is 9.59 Å². The third kappa shape index (κ3) is 3.61. The molecule has 136 valence electrons. The van der Waals surface area contributed by atoms with Gasteiger partial charge in [-0.05, 0) is 36.4 Å². The first kappa shape index (κ1) is 18.4. The number of terminal acetylenes is 1. The number of para-hydroxylation sites is 1. The Hall–Kier alpha value is -3.37. The molecule has 0 aliphatic rings. The van der Waals surface area contributed by atoms with E-state index in [1.165, 1.54) is 42.7 Å². The molecule has 0 aliphatic carbocycles. The monoisotopic (exact) mass is 380 g/mol.